The lowest BCUT2D eigenvalue weighted by atomic mass is 9.98. The van der Waals surface area contributed by atoms with Crippen molar-refractivity contribution in [3.63, 3.8) is 0 Å². The predicted molar refractivity (Wildman–Crippen MR) is 107 cm³/mol. The van der Waals surface area contributed by atoms with E-state index in [4.69, 9.17) is 9.47 Å². The monoisotopic (exact) mass is 354 g/mol. The third-order valence-corrected chi connectivity index (χ3v) is 5.27. The van der Waals surface area contributed by atoms with Crippen LogP contribution in [0.15, 0.2) is 36.4 Å². The molecular formula is C22H30N2O2. The molecule has 140 valence electrons. The Balaban J connectivity index is 1.69. The lowest BCUT2D eigenvalue weighted by Crippen LogP contribution is -2.30. The van der Waals surface area contributed by atoms with E-state index >= 15 is 0 Å². The Morgan fingerprint density at radius 2 is 1.54 bits per heavy atom. The number of hydrogen-bond acceptors (Lipinski definition) is 4. The minimum atomic E-state index is 0.816. The summed E-state index contributed by atoms with van der Waals surface area (Å²) in [7, 11) is 3.39. The molecule has 1 aliphatic rings. The highest BCUT2D eigenvalue weighted by Gasteiger charge is 2.19. The fourth-order valence-electron chi connectivity index (χ4n) is 3.74. The van der Waals surface area contributed by atoms with Crippen molar-refractivity contribution < 1.29 is 9.47 Å². The van der Waals surface area contributed by atoms with Gasteiger partial charge in [-0.15, -0.1) is 0 Å². The van der Waals surface area contributed by atoms with Crippen molar-refractivity contribution in [2.45, 2.75) is 33.4 Å². The number of fused-ring (bicyclic) bond motifs is 1. The van der Waals surface area contributed by atoms with Gasteiger partial charge in [-0.1, -0.05) is 12.1 Å². The second-order valence-electron chi connectivity index (χ2n) is 6.78. The Hall–Kier alpha value is -2.20. The SMILES string of the molecule is CCN(CC)c1ccc(CN2CCc3cc(OC)c(OC)cc3C2)cc1. The molecule has 0 spiro atoms. The zero-order valence-electron chi connectivity index (χ0n) is 16.4. The van der Waals surface area contributed by atoms with Crippen LogP contribution in [0.1, 0.15) is 30.5 Å². The van der Waals surface area contributed by atoms with Crippen molar-refractivity contribution in [3.8, 4) is 11.5 Å². The van der Waals surface area contributed by atoms with Gasteiger partial charge >= 0.3 is 0 Å². The number of rotatable bonds is 7. The maximum absolute atomic E-state index is 5.46. The molecule has 1 heterocycles. The molecule has 0 bridgehead atoms. The van der Waals surface area contributed by atoms with E-state index in [1.54, 1.807) is 14.2 Å². The van der Waals surface area contributed by atoms with Gasteiger partial charge in [-0.25, -0.2) is 0 Å². The first-order valence-electron chi connectivity index (χ1n) is 9.48. The van der Waals surface area contributed by atoms with Gasteiger partial charge in [-0.3, -0.25) is 4.90 Å². The molecule has 0 N–H and O–H groups in total. The van der Waals surface area contributed by atoms with E-state index in [-0.39, 0.29) is 0 Å². The normalized spacial score (nSPS) is 14.0. The molecule has 0 saturated carbocycles. The van der Waals surface area contributed by atoms with Crippen molar-refractivity contribution in [2.24, 2.45) is 0 Å². The molecule has 0 amide bonds. The van der Waals surface area contributed by atoms with Gasteiger partial charge in [0.05, 0.1) is 14.2 Å². The molecule has 4 nitrogen and oxygen atoms in total. The molecule has 1 aliphatic heterocycles. The highest BCUT2D eigenvalue weighted by atomic mass is 16.5. The molecular weight excluding hydrogens is 324 g/mol. The maximum atomic E-state index is 5.46. The van der Waals surface area contributed by atoms with E-state index in [0.29, 0.717) is 0 Å². The Kier molecular flexibility index (Phi) is 6.04. The minimum Gasteiger partial charge on any atom is -0.493 e. The molecule has 0 unspecified atom stereocenters. The molecule has 0 aliphatic carbocycles. The number of anilines is 1. The van der Waals surface area contributed by atoms with E-state index in [1.807, 2.05) is 0 Å². The summed E-state index contributed by atoms with van der Waals surface area (Å²) in [5.74, 6) is 1.64. The Morgan fingerprint density at radius 3 is 2.12 bits per heavy atom. The summed E-state index contributed by atoms with van der Waals surface area (Å²) in [6, 6.07) is 13.3. The Bertz CT molecular complexity index is 724. The third kappa shape index (κ3) is 3.96. The van der Waals surface area contributed by atoms with E-state index < -0.39 is 0 Å². The molecule has 0 radical (unpaired) electrons. The molecule has 0 aromatic heterocycles. The summed E-state index contributed by atoms with van der Waals surface area (Å²) in [5.41, 5.74) is 5.38. The quantitative estimate of drug-likeness (QED) is 0.747. The van der Waals surface area contributed by atoms with Gasteiger partial charge in [0.25, 0.3) is 0 Å². The van der Waals surface area contributed by atoms with Crippen LogP contribution in [0.2, 0.25) is 0 Å². The molecule has 26 heavy (non-hydrogen) atoms. The minimum absolute atomic E-state index is 0.816. The Labute approximate surface area is 157 Å². The Morgan fingerprint density at radius 1 is 0.923 bits per heavy atom. The average Bonchev–Trinajstić information content (AvgIpc) is 2.69. The predicted octanol–water partition coefficient (Wildman–Crippen LogP) is 4.11. The first kappa shape index (κ1) is 18.6. The second-order valence-corrected chi connectivity index (χ2v) is 6.78. The van der Waals surface area contributed by atoms with E-state index in [0.717, 1.165) is 50.6 Å². The summed E-state index contributed by atoms with van der Waals surface area (Å²) >= 11 is 0. The first-order valence-corrected chi connectivity index (χ1v) is 9.48. The summed E-state index contributed by atoms with van der Waals surface area (Å²) in [6.45, 7) is 9.49. The zero-order valence-corrected chi connectivity index (χ0v) is 16.4. The first-order chi connectivity index (χ1) is 12.7. The van der Waals surface area contributed by atoms with Gasteiger partial charge in [0.1, 0.15) is 0 Å². The van der Waals surface area contributed by atoms with Gasteiger partial charge in [-0.05, 0) is 61.2 Å². The number of benzene rings is 2. The molecule has 2 aromatic rings. The van der Waals surface area contributed by atoms with Crippen LogP contribution in [-0.2, 0) is 19.5 Å². The van der Waals surface area contributed by atoms with Crippen LogP contribution in [0.3, 0.4) is 0 Å². The topological polar surface area (TPSA) is 24.9 Å². The van der Waals surface area contributed by atoms with Crippen molar-refractivity contribution >= 4 is 5.69 Å². The largest absolute Gasteiger partial charge is 0.493 e. The van der Waals surface area contributed by atoms with Crippen molar-refractivity contribution in [2.75, 3.05) is 38.8 Å². The van der Waals surface area contributed by atoms with Gasteiger partial charge in [0, 0.05) is 38.4 Å². The third-order valence-electron chi connectivity index (χ3n) is 5.27. The number of methoxy groups -OCH3 is 2. The molecule has 0 saturated heterocycles. The lowest BCUT2D eigenvalue weighted by molar-refractivity contribution is 0.244. The standard InChI is InChI=1S/C22H30N2O2/c1-5-24(6-2)20-9-7-17(8-10-20)15-23-12-11-18-13-21(25-3)22(26-4)14-19(18)16-23/h7-10,13-14H,5-6,11-12,15-16H2,1-4H3. The van der Waals surface area contributed by atoms with Crippen LogP contribution in [0, 0.1) is 0 Å². The zero-order chi connectivity index (χ0) is 18.5. The summed E-state index contributed by atoms with van der Waals surface area (Å²) in [4.78, 5) is 4.88. The lowest BCUT2D eigenvalue weighted by Gasteiger charge is -2.29. The molecule has 3 rings (SSSR count). The molecule has 2 aromatic carbocycles. The maximum Gasteiger partial charge on any atom is 0.161 e. The average molecular weight is 354 g/mol. The van der Waals surface area contributed by atoms with Gasteiger partial charge in [0.2, 0.25) is 0 Å². The number of hydrogen-bond donors (Lipinski definition) is 0. The summed E-state index contributed by atoms with van der Waals surface area (Å²) in [6.07, 6.45) is 1.05. The van der Waals surface area contributed by atoms with Crippen molar-refractivity contribution in [1.29, 1.82) is 0 Å². The second kappa shape index (κ2) is 8.45. The van der Waals surface area contributed by atoms with Crippen LogP contribution >= 0.6 is 0 Å². The van der Waals surface area contributed by atoms with Gasteiger partial charge in [-0.2, -0.15) is 0 Å². The van der Waals surface area contributed by atoms with Crippen LogP contribution in [-0.4, -0.2) is 38.8 Å². The van der Waals surface area contributed by atoms with E-state index in [2.05, 4.69) is 60.0 Å². The van der Waals surface area contributed by atoms with Gasteiger partial charge in [0.15, 0.2) is 11.5 Å². The van der Waals surface area contributed by atoms with Crippen LogP contribution in [0.5, 0.6) is 11.5 Å². The molecule has 0 atom stereocenters. The van der Waals surface area contributed by atoms with E-state index in [9.17, 15) is 0 Å². The number of nitrogens with zero attached hydrogens (tertiary/aromatic N) is 2. The fourth-order valence-corrected chi connectivity index (χ4v) is 3.74. The van der Waals surface area contributed by atoms with Crippen LogP contribution in [0.4, 0.5) is 5.69 Å². The number of ether oxygens (including phenoxy) is 2. The van der Waals surface area contributed by atoms with Crippen LogP contribution in [0.25, 0.3) is 0 Å². The highest BCUT2D eigenvalue weighted by Crippen LogP contribution is 2.33. The molecule has 4 heteroatoms. The summed E-state index contributed by atoms with van der Waals surface area (Å²) in [5, 5.41) is 0. The smallest absolute Gasteiger partial charge is 0.161 e. The van der Waals surface area contributed by atoms with Crippen LogP contribution < -0.4 is 14.4 Å². The summed E-state index contributed by atoms with van der Waals surface area (Å²) < 4.78 is 10.9. The highest BCUT2D eigenvalue weighted by molar-refractivity contribution is 5.49. The molecule has 0 fully saturated rings. The van der Waals surface area contributed by atoms with Crippen molar-refractivity contribution in [3.05, 3.63) is 53.1 Å². The van der Waals surface area contributed by atoms with Crippen molar-refractivity contribution in [1.82, 2.24) is 4.90 Å². The van der Waals surface area contributed by atoms with Gasteiger partial charge < -0.3 is 14.4 Å². The van der Waals surface area contributed by atoms with E-state index in [1.165, 1.54) is 22.4 Å². The fraction of sp³-hybridized carbons (Fsp3) is 0.455.